The Morgan fingerprint density at radius 3 is 2.00 bits per heavy atom. The molecule has 0 fully saturated rings. The number of hydrogen-bond acceptors (Lipinski definition) is 4. The second-order valence-electron chi connectivity index (χ2n) is 7.77. The molecule has 1 unspecified atom stereocenters. The van der Waals surface area contributed by atoms with Crippen molar-refractivity contribution in [2.24, 2.45) is 0 Å². The highest BCUT2D eigenvalue weighted by atomic mass is 16.5. The summed E-state index contributed by atoms with van der Waals surface area (Å²) in [6.45, 7) is 0. The van der Waals surface area contributed by atoms with Crippen LogP contribution in [0.2, 0.25) is 0 Å². The lowest BCUT2D eigenvalue weighted by molar-refractivity contribution is -0.137. The van der Waals surface area contributed by atoms with E-state index >= 15 is 0 Å². The topological polar surface area (TPSA) is 88.5 Å². The standard InChI is InChI=1S/C28H24N2O4/c1-34-24-14-11-21(12-15-24)23-13-16-25(29-18-23)28(33)30-26(17-27(31)32)22-9-7-20(8-10-22)19-5-3-2-4-6-19/h2-16,18,26H,17H2,1H3,(H,30,33)(H,31,32). The number of carboxylic acid groups (broad SMARTS) is 1. The maximum Gasteiger partial charge on any atom is 0.305 e. The third kappa shape index (κ3) is 5.48. The van der Waals surface area contributed by atoms with Gasteiger partial charge in [0.2, 0.25) is 0 Å². The van der Waals surface area contributed by atoms with Crippen LogP contribution in [-0.4, -0.2) is 29.1 Å². The fourth-order valence-electron chi connectivity index (χ4n) is 3.68. The molecule has 0 bridgehead atoms. The van der Waals surface area contributed by atoms with Gasteiger partial charge in [-0.3, -0.25) is 14.6 Å². The molecule has 170 valence electrons. The highest BCUT2D eigenvalue weighted by Crippen LogP contribution is 2.25. The second kappa shape index (κ2) is 10.4. The number of ether oxygens (including phenoxy) is 1. The molecule has 3 aromatic carbocycles. The second-order valence-corrected chi connectivity index (χ2v) is 7.77. The lowest BCUT2D eigenvalue weighted by Crippen LogP contribution is -2.30. The highest BCUT2D eigenvalue weighted by molar-refractivity contribution is 5.93. The zero-order valence-electron chi connectivity index (χ0n) is 18.6. The van der Waals surface area contributed by atoms with Gasteiger partial charge in [-0.2, -0.15) is 0 Å². The number of hydrogen-bond donors (Lipinski definition) is 2. The Labute approximate surface area is 197 Å². The van der Waals surface area contributed by atoms with E-state index in [1.807, 2.05) is 84.9 Å². The van der Waals surface area contributed by atoms with Gasteiger partial charge in [0, 0.05) is 11.8 Å². The number of methoxy groups -OCH3 is 1. The van der Waals surface area contributed by atoms with Gasteiger partial charge >= 0.3 is 5.97 Å². The molecule has 2 N–H and O–H groups in total. The number of aromatic nitrogens is 1. The average molecular weight is 453 g/mol. The van der Waals surface area contributed by atoms with Crippen LogP contribution in [0.25, 0.3) is 22.3 Å². The Bertz CT molecular complexity index is 1250. The van der Waals surface area contributed by atoms with Gasteiger partial charge in [0.1, 0.15) is 11.4 Å². The summed E-state index contributed by atoms with van der Waals surface area (Å²) in [5.74, 6) is -0.672. The van der Waals surface area contributed by atoms with Crippen LogP contribution in [0.4, 0.5) is 0 Å². The zero-order chi connectivity index (χ0) is 23.9. The van der Waals surface area contributed by atoms with E-state index in [1.165, 1.54) is 0 Å². The minimum Gasteiger partial charge on any atom is -0.497 e. The summed E-state index contributed by atoms with van der Waals surface area (Å²) in [5, 5.41) is 12.2. The summed E-state index contributed by atoms with van der Waals surface area (Å²) in [5.41, 5.74) is 4.81. The zero-order valence-corrected chi connectivity index (χ0v) is 18.6. The molecule has 4 rings (SSSR count). The number of rotatable bonds is 8. The smallest absolute Gasteiger partial charge is 0.305 e. The monoisotopic (exact) mass is 452 g/mol. The molecule has 6 nitrogen and oxygen atoms in total. The molecule has 6 heteroatoms. The van der Waals surface area contributed by atoms with Crippen molar-refractivity contribution in [3.8, 4) is 28.0 Å². The van der Waals surface area contributed by atoms with E-state index in [0.29, 0.717) is 5.56 Å². The van der Waals surface area contributed by atoms with Gasteiger partial charge in [-0.1, -0.05) is 72.8 Å². The van der Waals surface area contributed by atoms with Gasteiger partial charge in [0.15, 0.2) is 0 Å². The minimum atomic E-state index is -1.000. The quantitative estimate of drug-likeness (QED) is 0.375. The van der Waals surface area contributed by atoms with E-state index in [-0.39, 0.29) is 12.1 Å². The summed E-state index contributed by atoms with van der Waals surface area (Å²) in [4.78, 5) is 28.6. The van der Waals surface area contributed by atoms with Crippen molar-refractivity contribution in [1.82, 2.24) is 10.3 Å². The Kier molecular flexibility index (Phi) is 6.98. The average Bonchev–Trinajstić information content (AvgIpc) is 2.89. The van der Waals surface area contributed by atoms with Gasteiger partial charge in [0.25, 0.3) is 5.91 Å². The van der Waals surface area contributed by atoms with Crippen LogP contribution in [0, 0.1) is 0 Å². The molecule has 1 heterocycles. The fourth-order valence-corrected chi connectivity index (χ4v) is 3.68. The molecule has 1 atom stereocenters. The number of carbonyl (C=O) groups is 2. The molecule has 0 aliphatic carbocycles. The van der Waals surface area contributed by atoms with E-state index < -0.39 is 17.9 Å². The summed E-state index contributed by atoms with van der Waals surface area (Å²) < 4.78 is 5.18. The van der Waals surface area contributed by atoms with Gasteiger partial charge in [-0.25, -0.2) is 0 Å². The predicted octanol–water partition coefficient (Wildman–Crippen LogP) is 5.37. The molecule has 0 spiro atoms. The van der Waals surface area contributed by atoms with Crippen LogP contribution >= 0.6 is 0 Å². The number of pyridine rings is 1. The van der Waals surface area contributed by atoms with Crippen LogP contribution in [-0.2, 0) is 4.79 Å². The van der Waals surface area contributed by atoms with Crippen LogP contribution in [0.15, 0.2) is 97.2 Å². The molecule has 0 saturated heterocycles. The van der Waals surface area contributed by atoms with Crippen LogP contribution in [0.5, 0.6) is 5.75 Å². The normalized spacial score (nSPS) is 11.4. The van der Waals surface area contributed by atoms with Crippen molar-refractivity contribution < 1.29 is 19.4 Å². The molecule has 0 saturated carbocycles. The van der Waals surface area contributed by atoms with E-state index in [0.717, 1.165) is 28.0 Å². The Hall–Kier alpha value is -4.45. The maximum atomic E-state index is 12.8. The molecule has 1 aromatic heterocycles. The highest BCUT2D eigenvalue weighted by Gasteiger charge is 2.20. The Morgan fingerprint density at radius 2 is 1.41 bits per heavy atom. The van der Waals surface area contributed by atoms with Crippen molar-refractivity contribution in [2.75, 3.05) is 7.11 Å². The molecule has 1 amide bonds. The first-order valence-electron chi connectivity index (χ1n) is 10.8. The minimum absolute atomic E-state index is 0.216. The van der Waals surface area contributed by atoms with Crippen molar-refractivity contribution in [3.05, 3.63) is 108 Å². The van der Waals surface area contributed by atoms with Gasteiger partial charge in [0.05, 0.1) is 19.6 Å². The number of benzene rings is 3. The molecular weight excluding hydrogens is 428 g/mol. The van der Waals surface area contributed by atoms with E-state index in [2.05, 4.69) is 10.3 Å². The van der Waals surface area contributed by atoms with Crippen LogP contribution in [0.1, 0.15) is 28.5 Å². The summed E-state index contributed by atoms with van der Waals surface area (Å²) in [6.07, 6.45) is 1.39. The third-order valence-corrected chi connectivity index (χ3v) is 5.52. The molecular formula is C28H24N2O4. The van der Waals surface area contributed by atoms with Crippen molar-refractivity contribution >= 4 is 11.9 Å². The number of nitrogens with zero attached hydrogens (tertiary/aromatic N) is 1. The van der Waals surface area contributed by atoms with Crippen molar-refractivity contribution in [1.29, 1.82) is 0 Å². The van der Waals surface area contributed by atoms with Gasteiger partial charge in [-0.15, -0.1) is 0 Å². The summed E-state index contributed by atoms with van der Waals surface area (Å²) >= 11 is 0. The lowest BCUT2D eigenvalue weighted by Gasteiger charge is -2.18. The number of carbonyl (C=O) groups excluding carboxylic acids is 1. The van der Waals surface area contributed by atoms with Gasteiger partial charge in [-0.05, 0) is 40.5 Å². The molecule has 0 radical (unpaired) electrons. The fraction of sp³-hybridized carbons (Fsp3) is 0.107. The van der Waals surface area contributed by atoms with Crippen LogP contribution in [0.3, 0.4) is 0 Å². The molecule has 4 aromatic rings. The van der Waals surface area contributed by atoms with E-state index in [9.17, 15) is 14.7 Å². The number of nitrogens with one attached hydrogen (secondary N) is 1. The van der Waals surface area contributed by atoms with E-state index in [4.69, 9.17) is 4.74 Å². The largest absolute Gasteiger partial charge is 0.497 e. The molecule has 0 aliphatic rings. The first-order chi connectivity index (χ1) is 16.5. The summed E-state index contributed by atoms with van der Waals surface area (Å²) in [6, 6.07) is 27.7. The molecule has 34 heavy (non-hydrogen) atoms. The van der Waals surface area contributed by atoms with Crippen molar-refractivity contribution in [2.45, 2.75) is 12.5 Å². The predicted molar refractivity (Wildman–Crippen MR) is 131 cm³/mol. The number of aliphatic carboxylic acids is 1. The first kappa shape index (κ1) is 22.7. The Balaban J connectivity index is 1.49. The van der Waals surface area contributed by atoms with E-state index in [1.54, 1.807) is 19.4 Å². The number of amides is 1. The van der Waals surface area contributed by atoms with Crippen molar-refractivity contribution in [3.63, 3.8) is 0 Å². The maximum absolute atomic E-state index is 12.8. The third-order valence-electron chi connectivity index (χ3n) is 5.52. The van der Waals surface area contributed by atoms with Crippen LogP contribution < -0.4 is 10.1 Å². The number of carboxylic acids is 1. The lowest BCUT2D eigenvalue weighted by atomic mass is 9.99. The Morgan fingerprint density at radius 1 is 0.824 bits per heavy atom. The molecule has 0 aliphatic heterocycles. The summed E-state index contributed by atoms with van der Waals surface area (Å²) in [7, 11) is 1.61. The first-order valence-corrected chi connectivity index (χ1v) is 10.8. The van der Waals surface area contributed by atoms with Gasteiger partial charge < -0.3 is 15.2 Å². The SMILES string of the molecule is COc1ccc(-c2ccc(C(=O)NC(CC(=O)O)c3ccc(-c4ccccc4)cc3)nc2)cc1.